The van der Waals surface area contributed by atoms with E-state index in [1.54, 1.807) is 49.6 Å². The summed E-state index contributed by atoms with van der Waals surface area (Å²) < 4.78 is 17.0. The Bertz CT molecular complexity index is 921. The molecule has 0 aliphatic heterocycles. The van der Waals surface area contributed by atoms with Crippen molar-refractivity contribution in [1.82, 2.24) is 0 Å². The van der Waals surface area contributed by atoms with E-state index < -0.39 is 5.97 Å². The molecule has 0 radical (unpaired) electrons. The van der Waals surface area contributed by atoms with E-state index >= 15 is 0 Å². The number of hydrogen-bond acceptors (Lipinski definition) is 4. The molecule has 0 aromatic heterocycles. The lowest BCUT2D eigenvalue weighted by molar-refractivity contribution is 0.0734. The Hall–Kier alpha value is -3.11. The van der Waals surface area contributed by atoms with Gasteiger partial charge in [-0.25, -0.2) is 4.79 Å². The fourth-order valence-electron chi connectivity index (χ4n) is 2.87. The molecule has 4 nitrogen and oxygen atoms in total. The lowest BCUT2D eigenvalue weighted by Gasteiger charge is -2.21. The van der Waals surface area contributed by atoms with Crippen molar-refractivity contribution in [2.75, 3.05) is 7.11 Å². The molecule has 144 valence electrons. The molecular weight excluding hydrogens is 352 g/mol. The SMILES string of the molecule is COC(C)C(C)c1ccccc1Oc1cccc(OC(=O)c2ccccc2)c1. The highest BCUT2D eigenvalue weighted by Gasteiger charge is 2.18. The third-order valence-corrected chi connectivity index (χ3v) is 4.74. The molecule has 4 heteroatoms. The molecule has 0 amide bonds. The average molecular weight is 376 g/mol. The molecule has 28 heavy (non-hydrogen) atoms. The Balaban J connectivity index is 1.78. The molecule has 0 bridgehead atoms. The molecule has 0 aliphatic rings. The van der Waals surface area contributed by atoms with Crippen LogP contribution in [0.1, 0.15) is 35.7 Å². The minimum absolute atomic E-state index is 0.0583. The summed E-state index contributed by atoms with van der Waals surface area (Å²) in [6.45, 7) is 4.14. The van der Waals surface area contributed by atoms with Crippen LogP contribution in [0.5, 0.6) is 17.2 Å². The normalized spacial score (nSPS) is 12.8. The zero-order valence-electron chi connectivity index (χ0n) is 16.3. The number of carbonyl (C=O) groups is 1. The highest BCUT2D eigenvalue weighted by Crippen LogP contribution is 2.34. The van der Waals surface area contributed by atoms with Crippen LogP contribution >= 0.6 is 0 Å². The topological polar surface area (TPSA) is 44.8 Å². The summed E-state index contributed by atoms with van der Waals surface area (Å²) in [4.78, 5) is 12.3. The summed E-state index contributed by atoms with van der Waals surface area (Å²) in [6, 6.07) is 23.9. The van der Waals surface area contributed by atoms with Gasteiger partial charge in [-0.05, 0) is 37.3 Å². The molecule has 3 aromatic rings. The molecule has 0 saturated heterocycles. The molecule has 3 rings (SSSR count). The summed E-state index contributed by atoms with van der Waals surface area (Å²) in [5, 5.41) is 0. The Morgan fingerprint density at radius 2 is 1.50 bits per heavy atom. The van der Waals surface area contributed by atoms with E-state index in [0.29, 0.717) is 17.1 Å². The Kier molecular flexibility index (Phi) is 6.45. The molecule has 0 saturated carbocycles. The van der Waals surface area contributed by atoms with Gasteiger partial charge in [0, 0.05) is 24.7 Å². The van der Waals surface area contributed by atoms with Crippen LogP contribution in [-0.2, 0) is 4.74 Å². The van der Waals surface area contributed by atoms with Gasteiger partial charge in [0.1, 0.15) is 17.2 Å². The first kappa shape index (κ1) is 19.6. The van der Waals surface area contributed by atoms with Gasteiger partial charge in [0.15, 0.2) is 0 Å². The smallest absolute Gasteiger partial charge is 0.343 e. The molecule has 0 fully saturated rings. The first-order chi connectivity index (χ1) is 13.6. The van der Waals surface area contributed by atoms with Crippen molar-refractivity contribution in [3.8, 4) is 17.2 Å². The van der Waals surface area contributed by atoms with Crippen molar-refractivity contribution in [1.29, 1.82) is 0 Å². The molecule has 2 atom stereocenters. The minimum Gasteiger partial charge on any atom is -0.457 e. The van der Waals surface area contributed by atoms with Gasteiger partial charge < -0.3 is 14.2 Å². The standard InChI is InChI=1S/C24H24O4/c1-17(18(2)26-3)22-14-7-8-15-23(22)27-20-12-9-13-21(16-20)28-24(25)19-10-5-4-6-11-19/h4-18H,1-3H3. The summed E-state index contributed by atoms with van der Waals surface area (Å²) in [5.41, 5.74) is 1.56. The van der Waals surface area contributed by atoms with Crippen LogP contribution in [-0.4, -0.2) is 19.2 Å². The predicted molar refractivity (Wildman–Crippen MR) is 109 cm³/mol. The second-order valence-electron chi connectivity index (χ2n) is 6.60. The van der Waals surface area contributed by atoms with Crippen LogP contribution in [0.2, 0.25) is 0 Å². The van der Waals surface area contributed by atoms with Crippen molar-refractivity contribution in [2.45, 2.75) is 25.9 Å². The van der Waals surface area contributed by atoms with Crippen LogP contribution in [0.4, 0.5) is 0 Å². The summed E-state index contributed by atoms with van der Waals surface area (Å²) in [5.74, 6) is 1.55. The number of carbonyl (C=O) groups excluding carboxylic acids is 1. The van der Waals surface area contributed by atoms with E-state index in [0.717, 1.165) is 11.3 Å². The Morgan fingerprint density at radius 1 is 0.821 bits per heavy atom. The third-order valence-electron chi connectivity index (χ3n) is 4.74. The Morgan fingerprint density at radius 3 is 2.25 bits per heavy atom. The molecule has 2 unspecified atom stereocenters. The summed E-state index contributed by atoms with van der Waals surface area (Å²) in [7, 11) is 1.70. The highest BCUT2D eigenvalue weighted by molar-refractivity contribution is 5.91. The van der Waals surface area contributed by atoms with E-state index in [-0.39, 0.29) is 12.0 Å². The van der Waals surface area contributed by atoms with Gasteiger partial charge in [-0.3, -0.25) is 0 Å². The van der Waals surface area contributed by atoms with Gasteiger partial charge in [-0.1, -0.05) is 49.4 Å². The van der Waals surface area contributed by atoms with Gasteiger partial charge in [0.25, 0.3) is 0 Å². The lowest BCUT2D eigenvalue weighted by Crippen LogP contribution is -2.15. The molecular formula is C24H24O4. The van der Waals surface area contributed by atoms with E-state index in [9.17, 15) is 4.79 Å². The van der Waals surface area contributed by atoms with E-state index in [1.807, 2.05) is 43.3 Å². The first-order valence-electron chi connectivity index (χ1n) is 9.25. The predicted octanol–water partition coefficient (Wildman–Crippen LogP) is 5.84. The Labute approximate surface area is 165 Å². The number of rotatable bonds is 7. The van der Waals surface area contributed by atoms with Crippen LogP contribution < -0.4 is 9.47 Å². The van der Waals surface area contributed by atoms with Crippen molar-refractivity contribution >= 4 is 5.97 Å². The highest BCUT2D eigenvalue weighted by atomic mass is 16.5. The van der Waals surface area contributed by atoms with Crippen molar-refractivity contribution < 1.29 is 19.0 Å². The largest absolute Gasteiger partial charge is 0.457 e. The van der Waals surface area contributed by atoms with Crippen molar-refractivity contribution in [3.63, 3.8) is 0 Å². The number of para-hydroxylation sites is 1. The van der Waals surface area contributed by atoms with E-state index in [1.165, 1.54) is 0 Å². The zero-order chi connectivity index (χ0) is 19.9. The van der Waals surface area contributed by atoms with Crippen molar-refractivity contribution in [3.05, 3.63) is 90.0 Å². The average Bonchev–Trinajstić information content (AvgIpc) is 2.74. The van der Waals surface area contributed by atoms with Gasteiger partial charge in [0.2, 0.25) is 0 Å². The first-order valence-corrected chi connectivity index (χ1v) is 9.25. The van der Waals surface area contributed by atoms with Gasteiger partial charge in [-0.15, -0.1) is 0 Å². The summed E-state index contributed by atoms with van der Waals surface area (Å²) >= 11 is 0. The molecule has 0 heterocycles. The molecule has 3 aromatic carbocycles. The molecule has 0 aliphatic carbocycles. The zero-order valence-corrected chi connectivity index (χ0v) is 16.3. The van der Waals surface area contributed by atoms with Crippen LogP contribution in [0.3, 0.4) is 0 Å². The number of methoxy groups -OCH3 is 1. The maximum absolute atomic E-state index is 12.3. The number of esters is 1. The van der Waals surface area contributed by atoms with E-state index in [4.69, 9.17) is 14.2 Å². The van der Waals surface area contributed by atoms with Crippen LogP contribution in [0.25, 0.3) is 0 Å². The number of ether oxygens (including phenoxy) is 3. The number of hydrogen-bond donors (Lipinski definition) is 0. The van der Waals surface area contributed by atoms with Gasteiger partial charge in [-0.2, -0.15) is 0 Å². The lowest BCUT2D eigenvalue weighted by atomic mass is 9.95. The fraction of sp³-hybridized carbons (Fsp3) is 0.208. The molecule has 0 spiro atoms. The monoisotopic (exact) mass is 376 g/mol. The molecule has 0 N–H and O–H groups in total. The summed E-state index contributed by atoms with van der Waals surface area (Å²) in [6.07, 6.45) is 0.0583. The minimum atomic E-state index is -0.402. The quantitative estimate of drug-likeness (QED) is 0.384. The third kappa shape index (κ3) is 4.78. The van der Waals surface area contributed by atoms with Gasteiger partial charge >= 0.3 is 5.97 Å². The second kappa shape index (κ2) is 9.20. The fourth-order valence-corrected chi connectivity index (χ4v) is 2.87. The van der Waals surface area contributed by atoms with Crippen LogP contribution in [0.15, 0.2) is 78.9 Å². The van der Waals surface area contributed by atoms with E-state index in [2.05, 4.69) is 6.92 Å². The maximum atomic E-state index is 12.3. The maximum Gasteiger partial charge on any atom is 0.343 e. The van der Waals surface area contributed by atoms with Gasteiger partial charge in [0.05, 0.1) is 11.7 Å². The number of benzene rings is 3. The second-order valence-corrected chi connectivity index (χ2v) is 6.60. The van der Waals surface area contributed by atoms with Crippen molar-refractivity contribution in [2.24, 2.45) is 0 Å². The van der Waals surface area contributed by atoms with Crippen LogP contribution in [0, 0.1) is 0 Å².